The summed E-state index contributed by atoms with van der Waals surface area (Å²) < 4.78 is 0. The van der Waals surface area contributed by atoms with Gasteiger partial charge in [0.1, 0.15) is 0 Å². The van der Waals surface area contributed by atoms with Gasteiger partial charge in [0.25, 0.3) is 5.56 Å². The maximum atomic E-state index is 12.1. The average molecular weight is 340 g/mol. The second-order valence-corrected chi connectivity index (χ2v) is 5.75. The molecule has 3 rings (SSSR count). The number of nitrogens with one attached hydrogen (secondary N) is 1. The largest absolute Gasteiger partial charge is 0.545 e. The van der Waals surface area contributed by atoms with Gasteiger partial charge < -0.3 is 14.9 Å². The molecular formula is C18H12ClN2O3-. The number of hydrogen-bond donors (Lipinski definition) is 1. The smallest absolute Gasteiger partial charge is 0.259 e. The fourth-order valence-electron chi connectivity index (χ4n) is 2.35. The van der Waals surface area contributed by atoms with E-state index < -0.39 is 11.5 Å². The first-order valence-corrected chi connectivity index (χ1v) is 7.51. The van der Waals surface area contributed by atoms with Crippen LogP contribution in [0.4, 0.5) is 0 Å². The van der Waals surface area contributed by atoms with E-state index >= 15 is 0 Å². The predicted molar refractivity (Wildman–Crippen MR) is 91.6 cm³/mol. The minimum absolute atomic E-state index is 0.0506. The van der Waals surface area contributed by atoms with E-state index in [9.17, 15) is 14.7 Å². The quantitative estimate of drug-likeness (QED) is 0.793. The van der Waals surface area contributed by atoms with Gasteiger partial charge in [0.2, 0.25) is 0 Å². The number of hydrogen-bond acceptors (Lipinski definition) is 4. The lowest BCUT2D eigenvalue weighted by molar-refractivity contribution is -0.255. The van der Waals surface area contributed by atoms with E-state index in [1.165, 1.54) is 18.2 Å². The number of carboxylic acid groups (broad SMARTS) is 1. The van der Waals surface area contributed by atoms with Gasteiger partial charge in [-0.15, -0.1) is 0 Å². The van der Waals surface area contributed by atoms with E-state index in [1.54, 1.807) is 6.08 Å². The number of nitrogens with zero attached hydrogens (tertiary/aromatic N) is 1. The van der Waals surface area contributed by atoms with Crippen molar-refractivity contribution in [3.63, 3.8) is 0 Å². The standard InChI is InChI=1S/C18H13ClN2O3/c1-10-3-2-4-11(7-10)8-14(19)16-20-15-9-12(18(23)24)5-6-13(15)17(22)21-16/h2-9H,1H3,(H,23,24)(H,20,21,22)/p-1/b14-8-. The summed E-state index contributed by atoms with van der Waals surface area (Å²) in [6.45, 7) is 1.96. The summed E-state index contributed by atoms with van der Waals surface area (Å²) in [4.78, 5) is 30.0. The Bertz CT molecular complexity index is 1040. The number of aryl methyl sites for hydroxylation is 1. The first-order valence-electron chi connectivity index (χ1n) is 7.14. The van der Waals surface area contributed by atoms with Gasteiger partial charge in [-0.05, 0) is 36.3 Å². The van der Waals surface area contributed by atoms with Crippen LogP contribution in [-0.4, -0.2) is 15.9 Å². The minimum Gasteiger partial charge on any atom is -0.545 e. The second kappa shape index (κ2) is 6.29. The molecule has 0 amide bonds. The first-order chi connectivity index (χ1) is 11.4. The Morgan fingerprint density at radius 1 is 1.25 bits per heavy atom. The van der Waals surface area contributed by atoms with E-state index in [0.717, 1.165) is 11.1 Å². The zero-order chi connectivity index (χ0) is 17.3. The molecule has 3 aromatic rings. The fourth-order valence-corrected chi connectivity index (χ4v) is 2.57. The van der Waals surface area contributed by atoms with Crippen molar-refractivity contribution in [1.29, 1.82) is 0 Å². The lowest BCUT2D eigenvalue weighted by Gasteiger charge is -2.06. The summed E-state index contributed by atoms with van der Waals surface area (Å²) >= 11 is 6.27. The highest BCUT2D eigenvalue weighted by Gasteiger charge is 2.08. The van der Waals surface area contributed by atoms with Gasteiger partial charge in [-0.25, -0.2) is 4.98 Å². The molecule has 120 valence electrons. The number of H-pyrrole nitrogens is 1. The summed E-state index contributed by atoms with van der Waals surface area (Å²) in [5, 5.41) is 11.5. The number of aromatic amines is 1. The van der Waals surface area contributed by atoms with E-state index in [2.05, 4.69) is 9.97 Å². The second-order valence-electron chi connectivity index (χ2n) is 5.34. The zero-order valence-corrected chi connectivity index (χ0v) is 13.4. The highest BCUT2D eigenvalue weighted by molar-refractivity contribution is 6.50. The normalized spacial score (nSPS) is 11.7. The van der Waals surface area contributed by atoms with Gasteiger partial charge in [-0.2, -0.15) is 0 Å². The molecule has 2 aromatic carbocycles. The predicted octanol–water partition coefficient (Wildman–Crippen LogP) is 2.33. The van der Waals surface area contributed by atoms with E-state index in [4.69, 9.17) is 11.6 Å². The molecule has 0 radical (unpaired) electrons. The molecule has 1 N–H and O–H groups in total. The summed E-state index contributed by atoms with van der Waals surface area (Å²) in [6.07, 6.45) is 1.68. The monoisotopic (exact) mass is 339 g/mol. The van der Waals surface area contributed by atoms with Crippen LogP contribution >= 0.6 is 11.6 Å². The molecule has 0 aliphatic heterocycles. The molecule has 0 atom stereocenters. The number of aromatic carboxylic acids is 1. The number of benzene rings is 2. The van der Waals surface area contributed by atoms with Crippen LogP contribution in [0.1, 0.15) is 27.3 Å². The van der Waals surface area contributed by atoms with Crippen LogP contribution in [-0.2, 0) is 0 Å². The molecular weight excluding hydrogens is 328 g/mol. The van der Waals surface area contributed by atoms with Crippen molar-refractivity contribution in [2.75, 3.05) is 0 Å². The van der Waals surface area contributed by atoms with Crippen molar-refractivity contribution in [2.24, 2.45) is 0 Å². The number of carbonyl (C=O) groups is 1. The van der Waals surface area contributed by atoms with Gasteiger partial charge in [0.15, 0.2) is 5.82 Å². The van der Waals surface area contributed by atoms with Crippen LogP contribution < -0.4 is 10.7 Å². The van der Waals surface area contributed by atoms with Crippen molar-refractivity contribution in [2.45, 2.75) is 6.92 Å². The Morgan fingerprint density at radius 2 is 2.04 bits per heavy atom. The molecule has 0 spiro atoms. The van der Waals surface area contributed by atoms with E-state index in [0.29, 0.717) is 0 Å². The van der Waals surface area contributed by atoms with Gasteiger partial charge in [0, 0.05) is 0 Å². The van der Waals surface area contributed by atoms with Gasteiger partial charge >= 0.3 is 0 Å². The molecule has 24 heavy (non-hydrogen) atoms. The molecule has 0 unspecified atom stereocenters. The highest BCUT2D eigenvalue weighted by atomic mass is 35.5. The Hall–Kier alpha value is -2.92. The van der Waals surface area contributed by atoms with Crippen molar-refractivity contribution in [1.82, 2.24) is 9.97 Å². The summed E-state index contributed by atoms with van der Waals surface area (Å²) in [6, 6.07) is 11.7. The zero-order valence-electron chi connectivity index (χ0n) is 12.7. The Kier molecular flexibility index (Phi) is 4.18. The highest BCUT2D eigenvalue weighted by Crippen LogP contribution is 2.20. The molecule has 0 saturated carbocycles. The third kappa shape index (κ3) is 3.21. The number of carboxylic acids is 1. The number of aromatic nitrogens is 2. The molecule has 0 fully saturated rings. The lowest BCUT2D eigenvalue weighted by Crippen LogP contribution is -2.22. The molecule has 0 saturated heterocycles. The van der Waals surface area contributed by atoms with Crippen LogP contribution in [0.2, 0.25) is 0 Å². The van der Waals surface area contributed by atoms with Gasteiger partial charge in [-0.3, -0.25) is 4.79 Å². The van der Waals surface area contributed by atoms with Crippen molar-refractivity contribution < 1.29 is 9.90 Å². The molecule has 1 heterocycles. The maximum Gasteiger partial charge on any atom is 0.259 e. The number of halogens is 1. The molecule has 5 nitrogen and oxygen atoms in total. The van der Waals surface area contributed by atoms with E-state index in [-0.39, 0.29) is 27.3 Å². The van der Waals surface area contributed by atoms with E-state index in [1.807, 2.05) is 31.2 Å². The van der Waals surface area contributed by atoms with Crippen molar-refractivity contribution in [3.05, 3.63) is 75.3 Å². The SMILES string of the molecule is Cc1cccc(/C=C(\Cl)c2nc3cc(C(=O)[O-])ccc3c(=O)[nH]2)c1. The Balaban J connectivity index is 2.12. The van der Waals surface area contributed by atoms with Crippen LogP contribution in [0, 0.1) is 6.92 Å². The van der Waals surface area contributed by atoms with Crippen LogP contribution in [0.15, 0.2) is 47.3 Å². The summed E-state index contributed by atoms with van der Waals surface area (Å²) in [7, 11) is 0. The Morgan fingerprint density at radius 3 is 2.75 bits per heavy atom. The molecule has 0 aliphatic rings. The number of carbonyl (C=O) groups excluding carboxylic acids is 1. The average Bonchev–Trinajstić information content (AvgIpc) is 2.54. The van der Waals surface area contributed by atoms with Crippen LogP contribution in [0.25, 0.3) is 22.0 Å². The molecule has 0 bridgehead atoms. The molecule has 6 heteroatoms. The summed E-state index contributed by atoms with van der Waals surface area (Å²) in [5.74, 6) is -1.16. The Labute approximate surface area is 142 Å². The van der Waals surface area contributed by atoms with Crippen molar-refractivity contribution in [3.8, 4) is 0 Å². The fraction of sp³-hybridized carbons (Fsp3) is 0.0556. The number of fused-ring (bicyclic) bond motifs is 1. The maximum absolute atomic E-state index is 12.1. The molecule has 0 aliphatic carbocycles. The molecule has 1 aromatic heterocycles. The van der Waals surface area contributed by atoms with Crippen LogP contribution in [0.5, 0.6) is 0 Å². The van der Waals surface area contributed by atoms with Gasteiger partial charge in [0.05, 0.1) is 21.9 Å². The topological polar surface area (TPSA) is 85.9 Å². The third-order valence-corrected chi connectivity index (χ3v) is 3.79. The third-order valence-electron chi connectivity index (χ3n) is 3.50. The minimum atomic E-state index is -1.33. The summed E-state index contributed by atoms with van der Waals surface area (Å²) in [5.41, 5.74) is 1.74. The lowest BCUT2D eigenvalue weighted by atomic mass is 10.1. The first kappa shape index (κ1) is 16.0. The number of rotatable bonds is 3. The van der Waals surface area contributed by atoms with Crippen LogP contribution in [0.3, 0.4) is 0 Å². The van der Waals surface area contributed by atoms with Crippen molar-refractivity contribution >= 4 is 39.6 Å². The van der Waals surface area contributed by atoms with Gasteiger partial charge in [-0.1, -0.05) is 47.5 Å².